The highest BCUT2D eigenvalue weighted by molar-refractivity contribution is 7.99. The largest absolute Gasteiger partial charge is 0.355 e. The Morgan fingerprint density at radius 2 is 2.27 bits per heavy atom. The van der Waals surface area contributed by atoms with Gasteiger partial charge in [-0.3, -0.25) is 4.79 Å². The molecule has 0 spiro atoms. The molecule has 0 unspecified atom stereocenters. The zero-order valence-corrected chi connectivity index (χ0v) is 9.74. The van der Waals surface area contributed by atoms with Crippen LogP contribution < -0.4 is 10.6 Å². The minimum Gasteiger partial charge on any atom is -0.355 e. The molecule has 0 aromatic carbocycles. The molecule has 0 atom stereocenters. The van der Waals surface area contributed by atoms with Crippen molar-refractivity contribution in [1.29, 1.82) is 0 Å². The van der Waals surface area contributed by atoms with Crippen LogP contribution in [-0.2, 0) is 4.79 Å². The highest BCUT2D eigenvalue weighted by Crippen LogP contribution is 2.11. The average Bonchev–Trinajstić information content (AvgIpc) is 2.30. The van der Waals surface area contributed by atoms with Crippen molar-refractivity contribution in [2.24, 2.45) is 5.92 Å². The zero-order valence-electron chi connectivity index (χ0n) is 8.92. The lowest BCUT2D eigenvalue weighted by atomic mass is 9.97. The number of carbonyl (C=O) groups is 1. The van der Waals surface area contributed by atoms with E-state index in [0.717, 1.165) is 44.0 Å². The first-order valence-electron chi connectivity index (χ1n) is 5.34. The molecular formula is C11H18N2OS. The van der Waals surface area contributed by atoms with Gasteiger partial charge in [-0.15, -0.1) is 18.2 Å². The third-order valence-electron chi connectivity index (χ3n) is 2.44. The van der Waals surface area contributed by atoms with Crippen molar-refractivity contribution in [2.75, 3.05) is 31.1 Å². The molecule has 1 saturated heterocycles. The van der Waals surface area contributed by atoms with Gasteiger partial charge in [-0.1, -0.05) is 5.92 Å². The monoisotopic (exact) mass is 226 g/mol. The molecule has 1 aliphatic rings. The molecule has 1 amide bonds. The molecule has 15 heavy (non-hydrogen) atoms. The van der Waals surface area contributed by atoms with Gasteiger partial charge in [-0.05, 0) is 25.9 Å². The van der Waals surface area contributed by atoms with Crippen molar-refractivity contribution in [3.63, 3.8) is 0 Å². The fourth-order valence-electron chi connectivity index (χ4n) is 1.61. The number of hydrogen-bond donors (Lipinski definition) is 2. The molecule has 1 fully saturated rings. The molecule has 0 aromatic rings. The predicted molar refractivity (Wildman–Crippen MR) is 64.8 cm³/mol. The molecule has 1 rings (SSSR count). The first-order valence-corrected chi connectivity index (χ1v) is 6.49. The molecular weight excluding hydrogens is 208 g/mol. The van der Waals surface area contributed by atoms with Crippen molar-refractivity contribution in [3.05, 3.63) is 0 Å². The molecule has 0 aromatic heterocycles. The SMILES string of the molecule is C#CCSCCNC(=O)C1CCNCC1. The minimum absolute atomic E-state index is 0.206. The van der Waals surface area contributed by atoms with Gasteiger partial charge in [0.25, 0.3) is 0 Å². The summed E-state index contributed by atoms with van der Waals surface area (Å²) in [5.74, 6) is 4.61. The smallest absolute Gasteiger partial charge is 0.223 e. The summed E-state index contributed by atoms with van der Waals surface area (Å²) >= 11 is 1.68. The maximum Gasteiger partial charge on any atom is 0.223 e. The maximum atomic E-state index is 11.6. The lowest BCUT2D eigenvalue weighted by molar-refractivity contribution is -0.125. The van der Waals surface area contributed by atoms with E-state index in [1.165, 1.54) is 0 Å². The van der Waals surface area contributed by atoms with Gasteiger partial charge in [0.2, 0.25) is 5.91 Å². The fraction of sp³-hybridized carbons (Fsp3) is 0.727. The molecule has 84 valence electrons. The summed E-state index contributed by atoms with van der Waals surface area (Å²) in [5, 5.41) is 6.20. The van der Waals surface area contributed by atoms with E-state index >= 15 is 0 Å². The molecule has 4 heteroatoms. The summed E-state index contributed by atoms with van der Waals surface area (Å²) in [6.45, 7) is 2.66. The molecule has 0 saturated carbocycles. The summed E-state index contributed by atoms with van der Waals surface area (Å²) in [6, 6.07) is 0. The van der Waals surface area contributed by atoms with Crippen LogP contribution in [0.15, 0.2) is 0 Å². The van der Waals surface area contributed by atoms with Crippen molar-refractivity contribution in [3.8, 4) is 12.3 Å². The van der Waals surface area contributed by atoms with Gasteiger partial charge >= 0.3 is 0 Å². The summed E-state index contributed by atoms with van der Waals surface area (Å²) in [6.07, 6.45) is 7.05. The van der Waals surface area contributed by atoms with E-state index in [1.54, 1.807) is 11.8 Å². The lowest BCUT2D eigenvalue weighted by Gasteiger charge is -2.21. The Morgan fingerprint density at radius 3 is 2.93 bits per heavy atom. The lowest BCUT2D eigenvalue weighted by Crippen LogP contribution is -2.38. The van der Waals surface area contributed by atoms with Crippen LogP contribution in [0.25, 0.3) is 0 Å². The molecule has 1 aliphatic heterocycles. The highest BCUT2D eigenvalue weighted by atomic mass is 32.2. The number of carbonyl (C=O) groups excluding carboxylic acids is 1. The standard InChI is InChI=1S/C11H18N2OS/c1-2-8-15-9-7-13-11(14)10-3-5-12-6-4-10/h1,10,12H,3-9H2,(H,13,14). The Labute approximate surface area is 95.8 Å². The van der Waals surface area contributed by atoms with Crippen LogP contribution in [0.2, 0.25) is 0 Å². The Morgan fingerprint density at radius 1 is 1.53 bits per heavy atom. The molecule has 0 aliphatic carbocycles. The van der Waals surface area contributed by atoms with Crippen LogP contribution in [0.4, 0.5) is 0 Å². The van der Waals surface area contributed by atoms with E-state index < -0.39 is 0 Å². The van der Waals surface area contributed by atoms with Crippen LogP contribution in [-0.4, -0.2) is 37.0 Å². The normalized spacial score (nSPS) is 17.0. The van der Waals surface area contributed by atoms with Gasteiger partial charge in [0.15, 0.2) is 0 Å². The van der Waals surface area contributed by atoms with E-state index in [2.05, 4.69) is 16.6 Å². The first-order chi connectivity index (χ1) is 7.34. The van der Waals surface area contributed by atoms with Crippen LogP contribution in [0.3, 0.4) is 0 Å². The fourth-order valence-corrected chi connectivity index (χ4v) is 2.11. The van der Waals surface area contributed by atoms with E-state index in [9.17, 15) is 4.79 Å². The highest BCUT2D eigenvalue weighted by Gasteiger charge is 2.19. The number of rotatable bonds is 5. The summed E-state index contributed by atoms with van der Waals surface area (Å²) in [7, 11) is 0. The van der Waals surface area contributed by atoms with Gasteiger partial charge in [-0.25, -0.2) is 0 Å². The van der Waals surface area contributed by atoms with Gasteiger partial charge in [0.05, 0.1) is 5.75 Å². The Hall–Kier alpha value is -0.660. The van der Waals surface area contributed by atoms with Crippen molar-refractivity contribution < 1.29 is 4.79 Å². The van der Waals surface area contributed by atoms with E-state index in [4.69, 9.17) is 6.42 Å². The number of piperidine rings is 1. The van der Waals surface area contributed by atoms with Crippen LogP contribution in [0.5, 0.6) is 0 Å². The number of thioether (sulfide) groups is 1. The number of terminal acetylenes is 1. The summed E-state index contributed by atoms with van der Waals surface area (Å²) in [5.41, 5.74) is 0. The first kappa shape index (κ1) is 12.4. The zero-order chi connectivity index (χ0) is 10.9. The summed E-state index contributed by atoms with van der Waals surface area (Å²) < 4.78 is 0. The Bertz CT molecular complexity index is 231. The molecule has 1 heterocycles. The van der Waals surface area contributed by atoms with Gasteiger partial charge in [0.1, 0.15) is 0 Å². The summed E-state index contributed by atoms with van der Waals surface area (Å²) in [4.78, 5) is 11.6. The minimum atomic E-state index is 0.206. The molecule has 0 bridgehead atoms. The third-order valence-corrected chi connectivity index (χ3v) is 3.30. The van der Waals surface area contributed by atoms with Crippen molar-refractivity contribution >= 4 is 17.7 Å². The van der Waals surface area contributed by atoms with Crippen molar-refractivity contribution in [2.45, 2.75) is 12.8 Å². The molecule has 0 radical (unpaired) electrons. The van der Waals surface area contributed by atoms with Crippen molar-refractivity contribution in [1.82, 2.24) is 10.6 Å². The third kappa shape index (κ3) is 5.10. The maximum absolute atomic E-state index is 11.6. The Balaban J connectivity index is 2.05. The second kappa shape index (κ2) is 7.61. The topological polar surface area (TPSA) is 41.1 Å². The van der Waals surface area contributed by atoms with E-state index in [-0.39, 0.29) is 11.8 Å². The van der Waals surface area contributed by atoms with Crippen LogP contribution >= 0.6 is 11.8 Å². The van der Waals surface area contributed by atoms with E-state index in [0.29, 0.717) is 0 Å². The number of nitrogens with one attached hydrogen (secondary N) is 2. The second-order valence-corrected chi connectivity index (χ2v) is 4.68. The number of hydrogen-bond acceptors (Lipinski definition) is 3. The molecule has 2 N–H and O–H groups in total. The van der Waals surface area contributed by atoms with Crippen LogP contribution in [0.1, 0.15) is 12.8 Å². The van der Waals surface area contributed by atoms with Gasteiger partial charge in [-0.2, -0.15) is 0 Å². The molecule has 3 nitrogen and oxygen atoms in total. The predicted octanol–water partition coefficient (Wildman–Crippen LogP) is 0.469. The van der Waals surface area contributed by atoms with Gasteiger partial charge < -0.3 is 10.6 Å². The van der Waals surface area contributed by atoms with Gasteiger partial charge in [0, 0.05) is 18.2 Å². The second-order valence-electron chi connectivity index (χ2n) is 3.57. The quantitative estimate of drug-likeness (QED) is 0.529. The van der Waals surface area contributed by atoms with Crippen LogP contribution in [0, 0.1) is 18.3 Å². The number of amides is 1. The average molecular weight is 226 g/mol. The van der Waals surface area contributed by atoms with E-state index in [1.807, 2.05) is 0 Å². The Kier molecular flexibility index (Phi) is 6.29.